The molecule has 0 aliphatic heterocycles. The van der Waals surface area contributed by atoms with Gasteiger partial charge in [0.15, 0.2) is 0 Å². The number of nitrogens with zero attached hydrogens (tertiary/aromatic N) is 2. The Balaban J connectivity index is 2.66. The highest BCUT2D eigenvalue weighted by molar-refractivity contribution is 5.89. The molecule has 2 amide bonds. The first-order valence-electron chi connectivity index (χ1n) is 5.22. The monoisotopic (exact) mass is 254 g/mol. The number of nitrogens with two attached hydrogens (primary N) is 1. The van der Waals surface area contributed by atoms with Gasteiger partial charge in [0.2, 0.25) is 11.8 Å². The number of hydrogen-bond donors (Lipinski definition) is 3. The van der Waals surface area contributed by atoms with Crippen LogP contribution >= 0.6 is 0 Å². The first-order chi connectivity index (χ1) is 8.41. The van der Waals surface area contributed by atoms with Gasteiger partial charge in [-0.05, 0) is 13.0 Å². The van der Waals surface area contributed by atoms with E-state index in [-0.39, 0.29) is 0 Å². The molecule has 0 spiro atoms. The molecule has 1 rings (SSSR count). The molecule has 98 valence electrons. The summed E-state index contributed by atoms with van der Waals surface area (Å²) in [7, 11) is 0. The summed E-state index contributed by atoms with van der Waals surface area (Å²) in [6, 6.07) is -0.357. The average Bonchev–Trinajstić information content (AvgIpc) is 2.79. The van der Waals surface area contributed by atoms with Crippen molar-refractivity contribution in [1.29, 1.82) is 0 Å². The molecule has 0 aromatic carbocycles. The summed E-state index contributed by atoms with van der Waals surface area (Å²) in [5, 5.41) is 14.9. The zero-order valence-corrected chi connectivity index (χ0v) is 9.74. The van der Waals surface area contributed by atoms with Crippen LogP contribution in [-0.4, -0.2) is 38.7 Å². The minimum absolute atomic E-state index is 0.451. The maximum absolute atomic E-state index is 11.8. The Hall–Kier alpha value is -2.38. The van der Waals surface area contributed by atoms with Crippen LogP contribution in [0.4, 0.5) is 0 Å². The van der Waals surface area contributed by atoms with Gasteiger partial charge in [-0.3, -0.25) is 14.3 Å². The lowest BCUT2D eigenvalue weighted by atomic mass is 10.2. The second kappa shape index (κ2) is 5.80. The molecule has 8 nitrogen and oxygen atoms in total. The number of amides is 2. The fraction of sp³-hybridized carbons (Fsp3) is 0.400. The molecule has 1 unspecified atom stereocenters. The maximum Gasteiger partial charge on any atom is 0.326 e. The molecule has 1 aromatic rings. The third kappa shape index (κ3) is 3.58. The van der Waals surface area contributed by atoms with Crippen molar-refractivity contribution in [2.24, 2.45) is 5.73 Å². The molecule has 8 heteroatoms. The number of primary amides is 1. The second-order valence-corrected chi connectivity index (χ2v) is 3.73. The minimum atomic E-state index is -1.33. The van der Waals surface area contributed by atoms with E-state index in [4.69, 9.17) is 10.8 Å². The summed E-state index contributed by atoms with van der Waals surface area (Å²) >= 11 is 0. The first-order valence-corrected chi connectivity index (χ1v) is 5.22. The van der Waals surface area contributed by atoms with E-state index in [0.717, 1.165) is 0 Å². The lowest BCUT2D eigenvalue weighted by Gasteiger charge is -2.17. The summed E-state index contributed by atoms with van der Waals surface area (Å²) in [4.78, 5) is 33.3. The normalized spacial score (nSPS) is 13.6. The summed E-state index contributed by atoms with van der Waals surface area (Å²) < 4.78 is 1.37. The third-order valence-electron chi connectivity index (χ3n) is 2.32. The predicted octanol–water partition coefficient (Wildman–Crippen LogP) is -1.11. The quantitative estimate of drug-likeness (QED) is 0.593. The van der Waals surface area contributed by atoms with Crippen LogP contribution in [-0.2, 0) is 14.4 Å². The molecule has 1 heterocycles. The van der Waals surface area contributed by atoms with Crippen molar-refractivity contribution in [1.82, 2.24) is 15.1 Å². The van der Waals surface area contributed by atoms with E-state index in [0.29, 0.717) is 0 Å². The summed E-state index contributed by atoms with van der Waals surface area (Å²) in [5.41, 5.74) is 4.91. The molecule has 0 bridgehead atoms. The number of aliphatic carboxylic acids is 1. The van der Waals surface area contributed by atoms with Gasteiger partial charge in [0.1, 0.15) is 12.1 Å². The van der Waals surface area contributed by atoms with E-state index in [1.165, 1.54) is 10.9 Å². The number of carboxylic acids is 1. The molecular weight excluding hydrogens is 240 g/mol. The highest BCUT2D eigenvalue weighted by Crippen LogP contribution is 2.04. The number of aromatic nitrogens is 2. The molecule has 0 fully saturated rings. The van der Waals surface area contributed by atoms with Crippen LogP contribution < -0.4 is 11.1 Å². The maximum atomic E-state index is 11.8. The topological polar surface area (TPSA) is 127 Å². The van der Waals surface area contributed by atoms with E-state index in [1.807, 2.05) is 0 Å². The number of hydrogen-bond acceptors (Lipinski definition) is 4. The van der Waals surface area contributed by atoms with Crippen LogP contribution in [0, 0.1) is 0 Å². The number of nitrogens with one attached hydrogen (secondary N) is 1. The van der Waals surface area contributed by atoms with E-state index < -0.39 is 36.3 Å². The Labute approximate surface area is 103 Å². The summed E-state index contributed by atoms with van der Waals surface area (Å²) in [6.45, 7) is 1.56. The molecule has 0 radical (unpaired) electrons. The van der Waals surface area contributed by atoms with Crippen LogP contribution in [0.3, 0.4) is 0 Å². The van der Waals surface area contributed by atoms with Gasteiger partial charge in [-0.25, -0.2) is 4.79 Å². The summed E-state index contributed by atoms with van der Waals surface area (Å²) in [5.74, 6) is -2.66. The molecule has 0 saturated carbocycles. The number of carboxylic acid groups (broad SMARTS) is 1. The van der Waals surface area contributed by atoms with Crippen molar-refractivity contribution in [2.75, 3.05) is 0 Å². The van der Waals surface area contributed by atoms with Crippen LogP contribution in [0.5, 0.6) is 0 Å². The lowest BCUT2D eigenvalue weighted by molar-refractivity contribution is -0.143. The Morgan fingerprint density at radius 1 is 1.50 bits per heavy atom. The highest BCUT2D eigenvalue weighted by atomic mass is 16.4. The fourth-order valence-corrected chi connectivity index (χ4v) is 1.32. The van der Waals surface area contributed by atoms with Crippen LogP contribution in [0.15, 0.2) is 18.5 Å². The number of rotatable bonds is 6. The smallest absolute Gasteiger partial charge is 0.326 e. The van der Waals surface area contributed by atoms with Gasteiger partial charge in [-0.2, -0.15) is 5.10 Å². The predicted molar refractivity (Wildman–Crippen MR) is 60.3 cm³/mol. The van der Waals surface area contributed by atoms with Gasteiger partial charge in [-0.1, -0.05) is 0 Å². The molecule has 4 N–H and O–H groups in total. The standard InChI is InChI=1S/C10H14N4O4/c1-6(14-4-2-3-12-14)9(16)13-7(10(17)18)5-8(11)15/h2-4,6-7H,5H2,1H3,(H2,11,15)(H,13,16)(H,17,18)/t6?,7-/m0/s1. The molecule has 0 saturated heterocycles. The van der Waals surface area contributed by atoms with E-state index >= 15 is 0 Å². The van der Waals surface area contributed by atoms with Crippen LogP contribution in [0.25, 0.3) is 0 Å². The van der Waals surface area contributed by atoms with Gasteiger partial charge < -0.3 is 16.2 Å². The van der Waals surface area contributed by atoms with Crippen molar-refractivity contribution in [3.63, 3.8) is 0 Å². The number of carbonyl (C=O) groups is 3. The van der Waals surface area contributed by atoms with Crippen LogP contribution in [0.2, 0.25) is 0 Å². The van der Waals surface area contributed by atoms with Crippen molar-refractivity contribution in [3.8, 4) is 0 Å². The van der Waals surface area contributed by atoms with Crippen molar-refractivity contribution in [3.05, 3.63) is 18.5 Å². The van der Waals surface area contributed by atoms with Crippen LogP contribution in [0.1, 0.15) is 19.4 Å². The van der Waals surface area contributed by atoms with Gasteiger partial charge in [0.25, 0.3) is 0 Å². The Kier molecular flexibility index (Phi) is 4.41. The molecule has 0 aliphatic rings. The zero-order valence-electron chi connectivity index (χ0n) is 9.74. The molecule has 1 aromatic heterocycles. The van der Waals surface area contributed by atoms with E-state index in [9.17, 15) is 14.4 Å². The highest BCUT2D eigenvalue weighted by Gasteiger charge is 2.25. The van der Waals surface area contributed by atoms with Crippen molar-refractivity contribution in [2.45, 2.75) is 25.4 Å². The van der Waals surface area contributed by atoms with Gasteiger partial charge in [-0.15, -0.1) is 0 Å². The van der Waals surface area contributed by atoms with Crippen molar-refractivity contribution >= 4 is 17.8 Å². The Morgan fingerprint density at radius 2 is 2.17 bits per heavy atom. The van der Waals surface area contributed by atoms with Gasteiger partial charge in [0, 0.05) is 12.4 Å². The Bertz CT molecular complexity index is 443. The third-order valence-corrected chi connectivity index (χ3v) is 2.32. The van der Waals surface area contributed by atoms with Gasteiger partial charge in [0.05, 0.1) is 6.42 Å². The van der Waals surface area contributed by atoms with Crippen molar-refractivity contribution < 1.29 is 19.5 Å². The summed E-state index contributed by atoms with van der Waals surface area (Å²) in [6.07, 6.45) is 2.63. The zero-order chi connectivity index (χ0) is 13.7. The largest absolute Gasteiger partial charge is 0.480 e. The molecule has 2 atom stereocenters. The minimum Gasteiger partial charge on any atom is -0.480 e. The molecule has 0 aliphatic carbocycles. The van der Waals surface area contributed by atoms with Gasteiger partial charge >= 0.3 is 5.97 Å². The molecule has 18 heavy (non-hydrogen) atoms. The number of carbonyl (C=O) groups excluding carboxylic acids is 2. The van der Waals surface area contributed by atoms with E-state index in [2.05, 4.69) is 10.4 Å². The average molecular weight is 254 g/mol. The lowest BCUT2D eigenvalue weighted by Crippen LogP contribution is -2.45. The Morgan fingerprint density at radius 3 is 2.61 bits per heavy atom. The SMILES string of the molecule is CC(C(=O)N[C@@H](CC(N)=O)C(=O)O)n1cccn1. The fourth-order valence-electron chi connectivity index (χ4n) is 1.32. The molecular formula is C10H14N4O4. The second-order valence-electron chi connectivity index (χ2n) is 3.73. The van der Waals surface area contributed by atoms with E-state index in [1.54, 1.807) is 19.2 Å². The first kappa shape index (κ1) is 13.7.